The van der Waals surface area contributed by atoms with Gasteiger partial charge in [0.25, 0.3) is 0 Å². The van der Waals surface area contributed by atoms with Crippen molar-refractivity contribution in [2.45, 2.75) is 19.9 Å². The van der Waals surface area contributed by atoms with E-state index in [-0.39, 0.29) is 30.9 Å². The lowest BCUT2D eigenvalue weighted by Crippen LogP contribution is -2.04. The van der Waals surface area contributed by atoms with Crippen LogP contribution >= 0.6 is 24.8 Å². The summed E-state index contributed by atoms with van der Waals surface area (Å²) in [5.74, 6) is 0. The Labute approximate surface area is 85.4 Å². The van der Waals surface area contributed by atoms with Crippen molar-refractivity contribution in [3.8, 4) is 0 Å². The molecule has 0 aromatic carbocycles. The van der Waals surface area contributed by atoms with Crippen molar-refractivity contribution in [1.29, 1.82) is 0 Å². The van der Waals surface area contributed by atoms with Crippen molar-refractivity contribution >= 4 is 24.8 Å². The van der Waals surface area contributed by atoms with Crippen molar-refractivity contribution in [3.05, 3.63) is 29.6 Å². The molecule has 0 unspecified atom stereocenters. The van der Waals surface area contributed by atoms with Crippen molar-refractivity contribution in [3.63, 3.8) is 0 Å². The highest BCUT2D eigenvalue weighted by atomic mass is 35.5. The Kier molecular flexibility index (Phi) is 7.39. The van der Waals surface area contributed by atoms with E-state index in [1.165, 1.54) is 0 Å². The van der Waals surface area contributed by atoms with Gasteiger partial charge in [0.2, 0.25) is 0 Å². The quantitative estimate of drug-likeness (QED) is 0.770. The zero-order valence-corrected chi connectivity index (χ0v) is 8.78. The largest absolute Gasteiger partial charge is 0.324 e. The first kappa shape index (κ1) is 14.2. The number of hydrogen-bond donors (Lipinski definition) is 1. The van der Waals surface area contributed by atoms with Crippen LogP contribution < -0.4 is 5.73 Å². The second-order valence-corrected chi connectivity index (χ2v) is 2.52. The Hall–Kier alpha value is -0.310. The summed E-state index contributed by atoms with van der Waals surface area (Å²) in [7, 11) is 0. The summed E-state index contributed by atoms with van der Waals surface area (Å²) in [6.07, 6.45) is 1.82. The third-order valence-corrected chi connectivity index (χ3v) is 1.46. The van der Waals surface area contributed by atoms with Gasteiger partial charge in [0.15, 0.2) is 0 Å². The molecule has 4 heteroatoms. The van der Waals surface area contributed by atoms with E-state index in [0.717, 1.165) is 11.3 Å². The van der Waals surface area contributed by atoms with Crippen LogP contribution in [0.15, 0.2) is 18.3 Å². The van der Waals surface area contributed by atoms with Crippen LogP contribution in [0.25, 0.3) is 0 Å². The highest BCUT2D eigenvalue weighted by molar-refractivity contribution is 5.85. The van der Waals surface area contributed by atoms with Crippen molar-refractivity contribution in [2.75, 3.05) is 0 Å². The monoisotopic (exact) mass is 208 g/mol. The average Bonchev–Trinajstić information content (AvgIpc) is 1.88. The van der Waals surface area contributed by atoms with Crippen molar-refractivity contribution in [1.82, 2.24) is 4.98 Å². The Morgan fingerprint density at radius 2 is 1.92 bits per heavy atom. The van der Waals surface area contributed by atoms with E-state index in [2.05, 4.69) is 4.98 Å². The van der Waals surface area contributed by atoms with E-state index in [1.54, 1.807) is 0 Å². The molecule has 0 fully saturated rings. The molecule has 0 saturated heterocycles. The normalized spacial score (nSPS) is 10.9. The van der Waals surface area contributed by atoms with Crippen LogP contribution in [0.4, 0.5) is 0 Å². The first-order valence-electron chi connectivity index (χ1n) is 3.38. The molecule has 0 aliphatic carbocycles. The minimum absolute atomic E-state index is 0. The lowest BCUT2D eigenvalue weighted by Gasteiger charge is -2.03. The first-order valence-corrected chi connectivity index (χ1v) is 3.38. The van der Waals surface area contributed by atoms with Crippen LogP contribution in [0, 0.1) is 6.92 Å². The molecule has 0 aliphatic rings. The maximum atomic E-state index is 5.62. The van der Waals surface area contributed by atoms with Gasteiger partial charge in [-0.15, -0.1) is 24.8 Å². The maximum Gasteiger partial charge on any atom is 0.0372 e. The summed E-state index contributed by atoms with van der Waals surface area (Å²) in [6.45, 7) is 3.91. The van der Waals surface area contributed by atoms with Crippen molar-refractivity contribution in [2.24, 2.45) is 5.73 Å². The number of nitrogens with two attached hydrogens (primary N) is 1. The molecule has 1 heterocycles. The van der Waals surface area contributed by atoms with E-state index < -0.39 is 0 Å². The molecular formula is C8H14Cl2N2. The zero-order valence-electron chi connectivity index (χ0n) is 7.15. The Bertz CT molecular complexity index is 209. The Balaban J connectivity index is 0. The fourth-order valence-corrected chi connectivity index (χ4v) is 0.749. The minimum atomic E-state index is 0. The molecule has 0 aliphatic heterocycles. The third kappa shape index (κ3) is 3.90. The van der Waals surface area contributed by atoms with Gasteiger partial charge in [-0.3, -0.25) is 4.98 Å². The molecule has 1 aromatic rings. The van der Waals surface area contributed by atoms with Gasteiger partial charge in [-0.05, 0) is 25.5 Å². The molecular weight excluding hydrogens is 195 g/mol. The van der Waals surface area contributed by atoms with Crippen LogP contribution in [0.3, 0.4) is 0 Å². The van der Waals surface area contributed by atoms with Crippen LogP contribution in [-0.4, -0.2) is 4.98 Å². The lowest BCUT2D eigenvalue weighted by atomic mass is 10.1. The topological polar surface area (TPSA) is 38.9 Å². The fraction of sp³-hybridized carbons (Fsp3) is 0.375. The molecule has 2 nitrogen and oxygen atoms in total. The van der Waals surface area contributed by atoms with E-state index in [9.17, 15) is 0 Å². The molecule has 1 rings (SSSR count). The number of aromatic nitrogens is 1. The van der Waals surface area contributed by atoms with Crippen molar-refractivity contribution < 1.29 is 0 Å². The van der Waals surface area contributed by atoms with Gasteiger partial charge in [-0.2, -0.15) is 0 Å². The highest BCUT2D eigenvalue weighted by Crippen LogP contribution is 2.06. The predicted octanol–water partition coefficient (Wildman–Crippen LogP) is 2.25. The molecule has 2 N–H and O–H groups in total. The standard InChI is InChI=1S/C8H12N2.2ClH/c1-6-3-4-8(5-10-6)7(2)9;;/h3-5,7H,9H2,1-2H3;2*1H/t7-;;/m1../s1. The van der Waals surface area contributed by atoms with E-state index in [4.69, 9.17) is 5.73 Å². The van der Waals surface area contributed by atoms with Crippen LogP contribution in [0.5, 0.6) is 0 Å². The number of aryl methyl sites for hydroxylation is 1. The molecule has 0 spiro atoms. The number of nitrogens with zero attached hydrogens (tertiary/aromatic N) is 1. The minimum Gasteiger partial charge on any atom is -0.324 e. The summed E-state index contributed by atoms with van der Waals surface area (Å²) in [6, 6.07) is 4.07. The smallest absolute Gasteiger partial charge is 0.0372 e. The Morgan fingerprint density at radius 3 is 2.25 bits per heavy atom. The van der Waals surface area contributed by atoms with Gasteiger partial charge in [0.1, 0.15) is 0 Å². The van der Waals surface area contributed by atoms with Gasteiger partial charge >= 0.3 is 0 Å². The fourth-order valence-electron chi connectivity index (χ4n) is 0.749. The number of rotatable bonds is 1. The number of hydrogen-bond acceptors (Lipinski definition) is 2. The molecule has 1 aromatic heterocycles. The van der Waals surface area contributed by atoms with Gasteiger partial charge < -0.3 is 5.73 Å². The first-order chi connectivity index (χ1) is 4.70. The highest BCUT2D eigenvalue weighted by Gasteiger charge is 1.96. The molecule has 0 amide bonds. The summed E-state index contributed by atoms with van der Waals surface area (Å²) < 4.78 is 0. The zero-order chi connectivity index (χ0) is 7.56. The van der Waals surface area contributed by atoms with Crippen LogP contribution in [0.1, 0.15) is 24.2 Å². The van der Waals surface area contributed by atoms with Gasteiger partial charge in [0.05, 0.1) is 0 Å². The molecule has 0 saturated carbocycles. The molecule has 0 radical (unpaired) electrons. The van der Waals surface area contributed by atoms with E-state index in [1.807, 2.05) is 32.2 Å². The SMILES string of the molecule is Cc1ccc([C@@H](C)N)cn1.Cl.Cl. The summed E-state index contributed by atoms with van der Waals surface area (Å²) in [5, 5.41) is 0. The Morgan fingerprint density at radius 1 is 1.33 bits per heavy atom. The summed E-state index contributed by atoms with van der Waals surface area (Å²) >= 11 is 0. The predicted molar refractivity (Wildman–Crippen MR) is 56.1 cm³/mol. The lowest BCUT2D eigenvalue weighted by molar-refractivity contribution is 0.810. The van der Waals surface area contributed by atoms with E-state index >= 15 is 0 Å². The second kappa shape index (κ2) is 6.23. The van der Waals surface area contributed by atoms with Crippen LogP contribution in [0.2, 0.25) is 0 Å². The molecule has 70 valence electrons. The van der Waals surface area contributed by atoms with Gasteiger partial charge in [-0.1, -0.05) is 6.07 Å². The second-order valence-electron chi connectivity index (χ2n) is 2.52. The third-order valence-electron chi connectivity index (χ3n) is 1.46. The summed E-state index contributed by atoms with van der Waals surface area (Å²) in [4.78, 5) is 4.12. The van der Waals surface area contributed by atoms with Crippen LogP contribution in [-0.2, 0) is 0 Å². The van der Waals surface area contributed by atoms with Gasteiger partial charge in [0, 0.05) is 17.9 Å². The van der Waals surface area contributed by atoms with Gasteiger partial charge in [-0.25, -0.2) is 0 Å². The summed E-state index contributed by atoms with van der Waals surface area (Å²) in [5.41, 5.74) is 7.74. The maximum absolute atomic E-state index is 5.62. The molecule has 0 bridgehead atoms. The number of halogens is 2. The van der Waals surface area contributed by atoms with E-state index in [0.29, 0.717) is 0 Å². The molecule has 12 heavy (non-hydrogen) atoms. The number of pyridine rings is 1. The average molecular weight is 209 g/mol. The molecule has 1 atom stereocenters.